The van der Waals surface area contributed by atoms with Crippen LogP contribution >= 0.6 is 0 Å². The molecule has 0 aliphatic carbocycles. The lowest BCUT2D eigenvalue weighted by Crippen LogP contribution is -2.31. The average molecular weight is 497 g/mol. The van der Waals surface area contributed by atoms with Crippen LogP contribution in [0.15, 0.2) is 42.1 Å². The van der Waals surface area contributed by atoms with Crippen molar-refractivity contribution in [2.24, 2.45) is 7.05 Å². The van der Waals surface area contributed by atoms with Crippen LogP contribution in [0.25, 0.3) is 22.6 Å². The first kappa shape index (κ1) is 22.9. The summed E-state index contributed by atoms with van der Waals surface area (Å²) in [6, 6.07) is 3.46. The summed E-state index contributed by atoms with van der Waals surface area (Å²) >= 11 is 0. The average Bonchev–Trinajstić information content (AvgIpc) is 3.57. The minimum atomic E-state index is -3.56. The van der Waals surface area contributed by atoms with Crippen molar-refractivity contribution in [1.29, 1.82) is 0 Å². The number of carbonyl (C=O) groups excluding carboxylic acids is 1. The molecule has 5 rings (SSSR count). The Bertz CT molecular complexity index is 1510. The fourth-order valence-corrected chi connectivity index (χ4v) is 5.39. The number of hydrogen-bond donors (Lipinski definition) is 0. The quantitative estimate of drug-likeness (QED) is 0.387. The second-order valence-electron chi connectivity index (χ2n) is 8.32. The molecule has 5 heterocycles. The number of amides is 1. The molecule has 1 saturated heterocycles. The van der Waals surface area contributed by atoms with Crippen molar-refractivity contribution in [3.8, 4) is 17.3 Å². The van der Waals surface area contributed by atoms with Gasteiger partial charge in [-0.2, -0.15) is 10.1 Å². The van der Waals surface area contributed by atoms with E-state index in [1.54, 1.807) is 41.0 Å². The maximum atomic E-state index is 12.7. The number of likely N-dealkylation sites (tertiary alicyclic amines) is 1. The molecule has 182 valence electrons. The summed E-state index contributed by atoms with van der Waals surface area (Å²) in [5.74, 6) is 0.574. The summed E-state index contributed by atoms with van der Waals surface area (Å²) in [7, 11) is -1.81. The van der Waals surface area contributed by atoms with Crippen LogP contribution in [-0.4, -0.2) is 79.0 Å². The first-order valence-corrected chi connectivity index (χ1v) is 13.0. The Hall–Kier alpha value is -3.87. The normalized spacial score (nSPS) is 16.2. The van der Waals surface area contributed by atoms with Gasteiger partial charge >= 0.3 is 0 Å². The van der Waals surface area contributed by atoms with Crippen LogP contribution in [-0.2, 0) is 23.4 Å². The van der Waals surface area contributed by atoms with E-state index in [-0.39, 0.29) is 22.9 Å². The molecule has 0 aromatic carbocycles. The molecule has 1 fully saturated rings. The van der Waals surface area contributed by atoms with Crippen molar-refractivity contribution in [1.82, 2.24) is 39.2 Å². The molecule has 0 saturated carbocycles. The minimum absolute atomic E-state index is 0.0918. The number of fused-ring (bicyclic) bond motifs is 1. The van der Waals surface area contributed by atoms with Crippen molar-refractivity contribution in [2.45, 2.75) is 31.0 Å². The van der Waals surface area contributed by atoms with E-state index < -0.39 is 9.84 Å². The van der Waals surface area contributed by atoms with E-state index in [9.17, 15) is 13.2 Å². The van der Waals surface area contributed by atoms with Gasteiger partial charge in [0, 0.05) is 45.2 Å². The second-order valence-corrected chi connectivity index (χ2v) is 10.2. The number of pyridine rings is 1. The van der Waals surface area contributed by atoms with Gasteiger partial charge < -0.3 is 14.2 Å². The third-order valence-electron chi connectivity index (χ3n) is 5.92. The number of carbonyl (C=O) groups is 1. The summed E-state index contributed by atoms with van der Waals surface area (Å²) in [5.41, 5.74) is 1.82. The molecule has 12 nitrogen and oxygen atoms in total. The van der Waals surface area contributed by atoms with Crippen LogP contribution in [0, 0.1) is 0 Å². The van der Waals surface area contributed by atoms with Crippen molar-refractivity contribution in [3.63, 3.8) is 0 Å². The molecule has 4 aromatic heterocycles. The number of hydrogen-bond acceptors (Lipinski definition) is 9. The van der Waals surface area contributed by atoms with Gasteiger partial charge in [-0.25, -0.2) is 18.4 Å². The Labute approximate surface area is 201 Å². The fourth-order valence-electron chi connectivity index (χ4n) is 4.29. The van der Waals surface area contributed by atoms with Crippen molar-refractivity contribution in [3.05, 3.63) is 42.6 Å². The van der Waals surface area contributed by atoms with Crippen molar-refractivity contribution < 1.29 is 17.9 Å². The highest BCUT2D eigenvalue weighted by Crippen LogP contribution is 2.32. The molecule has 1 amide bonds. The zero-order valence-electron chi connectivity index (χ0n) is 19.5. The van der Waals surface area contributed by atoms with Gasteiger partial charge in [0.05, 0.1) is 23.9 Å². The molecule has 0 bridgehead atoms. The summed E-state index contributed by atoms with van der Waals surface area (Å²) in [6.07, 6.45) is 7.56. The Balaban J connectivity index is 1.45. The predicted octanol–water partition coefficient (Wildman–Crippen LogP) is 1.34. The third kappa shape index (κ3) is 4.11. The number of nitrogens with zero attached hydrogens (tertiary/aromatic N) is 8. The Morgan fingerprint density at radius 2 is 2.09 bits per heavy atom. The number of ether oxygens (including phenoxy) is 1. The van der Waals surface area contributed by atoms with Crippen molar-refractivity contribution in [2.75, 3.05) is 19.3 Å². The van der Waals surface area contributed by atoms with Gasteiger partial charge in [0.1, 0.15) is 18.3 Å². The van der Waals surface area contributed by atoms with Gasteiger partial charge in [0.2, 0.25) is 5.88 Å². The Morgan fingerprint density at radius 1 is 1.26 bits per heavy atom. The van der Waals surface area contributed by atoms with E-state index in [4.69, 9.17) is 4.74 Å². The van der Waals surface area contributed by atoms with Gasteiger partial charge in [-0.3, -0.25) is 14.5 Å². The SMILES string of the molecule is CCn1ncc(-c2nc3c(OC4CCN(C(=O)c5cccnc5)C4)ncnc3n2C)c1S(C)(=O)=O. The Morgan fingerprint density at radius 3 is 2.80 bits per heavy atom. The predicted molar refractivity (Wildman–Crippen MR) is 125 cm³/mol. The van der Waals surface area contributed by atoms with E-state index in [0.717, 1.165) is 6.26 Å². The number of imidazole rings is 1. The molecular weight excluding hydrogens is 472 g/mol. The summed E-state index contributed by atoms with van der Waals surface area (Å²) in [4.78, 5) is 31.7. The standard InChI is InChI=1S/C22H24N8O4S/c1-4-30-22(35(3,32)33)16(11-26-30)18-27-17-19(28(18)2)24-13-25-20(17)34-15-7-9-29(12-15)21(31)14-6-5-8-23-10-14/h5-6,8,10-11,13,15H,4,7,9,12H2,1-3H3. The molecular formula is C22H24N8O4S. The molecule has 0 radical (unpaired) electrons. The highest BCUT2D eigenvalue weighted by Gasteiger charge is 2.30. The van der Waals surface area contributed by atoms with E-state index in [0.29, 0.717) is 54.2 Å². The van der Waals surface area contributed by atoms with Crippen LogP contribution in [0.1, 0.15) is 23.7 Å². The molecule has 0 spiro atoms. The number of rotatable bonds is 6. The first-order valence-electron chi connectivity index (χ1n) is 11.1. The number of sulfone groups is 1. The molecule has 4 aromatic rings. The highest BCUT2D eigenvalue weighted by molar-refractivity contribution is 7.90. The van der Waals surface area contributed by atoms with Gasteiger partial charge in [-0.1, -0.05) is 0 Å². The smallest absolute Gasteiger partial charge is 0.255 e. The second kappa shape index (κ2) is 8.73. The van der Waals surface area contributed by atoms with Crippen molar-refractivity contribution >= 4 is 26.9 Å². The van der Waals surface area contributed by atoms with E-state index in [1.807, 2.05) is 6.92 Å². The van der Waals surface area contributed by atoms with Crippen LogP contribution in [0.2, 0.25) is 0 Å². The largest absolute Gasteiger partial charge is 0.471 e. The first-order chi connectivity index (χ1) is 16.8. The molecule has 0 N–H and O–H groups in total. The van der Waals surface area contributed by atoms with E-state index >= 15 is 0 Å². The molecule has 1 unspecified atom stereocenters. The minimum Gasteiger partial charge on any atom is -0.471 e. The highest BCUT2D eigenvalue weighted by atomic mass is 32.2. The van der Waals surface area contributed by atoms with Crippen LogP contribution < -0.4 is 4.74 Å². The molecule has 35 heavy (non-hydrogen) atoms. The lowest BCUT2D eigenvalue weighted by Gasteiger charge is -2.16. The van der Waals surface area contributed by atoms with Crippen LogP contribution in [0.5, 0.6) is 5.88 Å². The van der Waals surface area contributed by atoms with E-state index in [2.05, 4.69) is 25.0 Å². The molecule has 1 aliphatic heterocycles. The van der Waals surface area contributed by atoms with Gasteiger partial charge in [0.25, 0.3) is 5.91 Å². The number of aryl methyl sites for hydroxylation is 2. The maximum Gasteiger partial charge on any atom is 0.255 e. The lowest BCUT2D eigenvalue weighted by molar-refractivity contribution is 0.0771. The van der Waals surface area contributed by atoms with Crippen LogP contribution in [0.4, 0.5) is 0 Å². The summed E-state index contributed by atoms with van der Waals surface area (Å²) < 4.78 is 34.3. The number of aromatic nitrogens is 7. The molecule has 1 atom stereocenters. The van der Waals surface area contributed by atoms with Gasteiger partial charge in [0.15, 0.2) is 26.0 Å². The summed E-state index contributed by atoms with van der Waals surface area (Å²) in [5, 5.41) is 4.31. The third-order valence-corrected chi connectivity index (χ3v) is 7.06. The fraction of sp³-hybridized carbons (Fsp3) is 0.364. The van der Waals surface area contributed by atoms with Gasteiger partial charge in [-0.15, -0.1) is 0 Å². The molecule has 13 heteroatoms. The Kier molecular flexibility index (Phi) is 5.71. The lowest BCUT2D eigenvalue weighted by atomic mass is 10.2. The van der Waals surface area contributed by atoms with Crippen LogP contribution in [0.3, 0.4) is 0 Å². The van der Waals surface area contributed by atoms with Gasteiger partial charge in [-0.05, 0) is 19.1 Å². The van der Waals surface area contributed by atoms with E-state index in [1.165, 1.54) is 17.2 Å². The zero-order valence-corrected chi connectivity index (χ0v) is 20.3. The maximum absolute atomic E-state index is 12.7. The topological polar surface area (TPSA) is 138 Å². The summed E-state index contributed by atoms with van der Waals surface area (Å²) in [6.45, 7) is 3.17. The monoisotopic (exact) mass is 496 g/mol. The zero-order chi connectivity index (χ0) is 24.7. The molecule has 1 aliphatic rings.